The molecule has 1 unspecified atom stereocenters. The molecule has 18 heavy (non-hydrogen) atoms. The third-order valence-corrected chi connectivity index (χ3v) is 4.52. The van der Waals surface area contributed by atoms with Gasteiger partial charge in [-0.3, -0.25) is 0 Å². The predicted octanol–water partition coefficient (Wildman–Crippen LogP) is 3.35. The fourth-order valence-electron chi connectivity index (χ4n) is 2.90. The van der Waals surface area contributed by atoms with Gasteiger partial charge in [-0.2, -0.15) is 0 Å². The monoisotopic (exact) mass is 242 g/mol. The van der Waals surface area contributed by atoms with Gasteiger partial charge in [0.05, 0.1) is 0 Å². The van der Waals surface area contributed by atoms with E-state index < -0.39 is 0 Å². The molecule has 96 valence electrons. The van der Waals surface area contributed by atoms with Gasteiger partial charge in [-0.25, -0.2) is 0 Å². The summed E-state index contributed by atoms with van der Waals surface area (Å²) >= 11 is 0. The molecule has 1 saturated carbocycles. The van der Waals surface area contributed by atoms with Gasteiger partial charge in [-0.15, -0.1) is 0 Å². The van der Waals surface area contributed by atoms with E-state index in [4.69, 9.17) is 0 Å². The van der Waals surface area contributed by atoms with E-state index in [1.807, 2.05) is 0 Å². The molecule has 1 atom stereocenters. The van der Waals surface area contributed by atoms with Gasteiger partial charge in [-0.1, -0.05) is 12.5 Å². The topological polar surface area (TPSA) is 7.65 Å². The number of pyridine rings is 1. The van der Waals surface area contributed by atoms with Crippen LogP contribution in [-0.2, 0) is 6.42 Å². The third kappa shape index (κ3) is 2.05. The van der Waals surface area contributed by atoms with Crippen molar-refractivity contribution < 1.29 is 0 Å². The second-order valence-electron chi connectivity index (χ2n) is 5.64. The Hall–Kier alpha value is -1.28. The second kappa shape index (κ2) is 4.77. The van der Waals surface area contributed by atoms with Crippen LogP contribution in [0.15, 0.2) is 36.7 Å². The molecule has 2 aromatic rings. The van der Waals surface area contributed by atoms with E-state index in [1.54, 1.807) is 0 Å². The van der Waals surface area contributed by atoms with Crippen molar-refractivity contribution in [1.82, 2.24) is 9.30 Å². The number of rotatable bonds is 4. The molecule has 0 bridgehead atoms. The van der Waals surface area contributed by atoms with Crippen LogP contribution in [0.5, 0.6) is 0 Å². The summed E-state index contributed by atoms with van der Waals surface area (Å²) < 4.78 is 2.21. The highest BCUT2D eigenvalue weighted by Crippen LogP contribution is 2.26. The lowest BCUT2D eigenvalue weighted by Gasteiger charge is -2.38. The van der Waals surface area contributed by atoms with Crippen LogP contribution < -0.4 is 0 Å². The Morgan fingerprint density at radius 2 is 2.11 bits per heavy atom. The van der Waals surface area contributed by atoms with Crippen LogP contribution in [0, 0.1) is 0 Å². The maximum Gasteiger partial charge on any atom is 0.0482 e. The van der Waals surface area contributed by atoms with Gasteiger partial charge >= 0.3 is 0 Å². The van der Waals surface area contributed by atoms with E-state index in [1.165, 1.54) is 30.3 Å². The molecule has 0 spiro atoms. The summed E-state index contributed by atoms with van der Waals surface area (Å²) in [5, 5.41) is 0. The summed E-state index contributed by atoms with van der Waals surface area (Å²) in [6, 6.07) is 10.1. The molecule has 2 nitrogen and oxygen atoms in total. The summed E-state index contributed by atoms with van der Waals surface area (Å²) in [4.78, 5) is 2.57. The molecule has 0 saturated heterocycles. The standard InChI is InChI=1S/C16H22N2/c1-13(17(2)15-6-5-7-15)12-14-9-11-18-10-4-3-8-16(14)18/h3-4,8-11,13,15H,5-7,12H2,1-2H3. The smallest absolute Gasteiger partial charge is 0.0482 e. The van der Waals surface area contributed by atoms with Crippen LogP contribution in [0.2, 0.25) is 0 Å². The molecule has 2 heterocycles. The van der Waals surface area contributed by atoms with Crippen molar-refractivity contribution in [2.24, 2.45) is 0 Å². The van der Waals surface area contributed by atoms with Crippen molar-refractivity contribution in [2.75, 3.05) is 7.05 Å². The lowest BCUT2D eigenvalue weighted by atomic mass is 9.90. The average molecular weight is 242 g/mol. The van der Waals surface area contributed by atoms with Gasteiger partial charge in [-0.05, 0) is 57.0 Å². The van der Waals surface area contributed by atoms with E-state index in [0.717, 1.165) is 12.5 Å². The Balaban J connectivity index is 1.75. The number of aromatic nitrogens is 1. The van der Waals surface area contributed by atoms with Crippen LogP contribution in [0.3, 0.4) is 0 Å². The van der Waals surface area contributed by atoms with Gasteiger partial charge in [0.25, 0.3) is 0 Å². The van der Waals surface area contributed by atoms with Gasteiger partial charge in [0.2, 0.25) is 0 Å². The van der Waals surface area contributed by atoms with Crippen LogP contribution in [0.25, 0.3) is 5.52 Å². The van der Waals surface area contributed by atoms with Crippen molar-refractivity contribution in [3.8, 4) is 0 Å². The van der Waals surface area contributed by atoms with Gasteiger partial charge in [0.15, 0.2) is 0 Å². The third-order valence-electron chi connectivity index (χ3n) is 4.52. The van der Waals surface area contributed by atoms with E-state index in [9.17, 15) is 0 Å². The highest BCUT2D eigenvalue weighted by Gasteiger charge is 2.25. The first-order chi connectivity index (χ1) is 8.75. The molecule has 2 aromatic heterocycles. The molecular weight excluding hydrogens is 220 g/mol. The van der Waals surface area contributed by atoms with E-state index in [-0.39, 0.29) is 0 Å². The largest absolute Gasteiger partial charge is 0.324 e. The van der Waals surface area contributed by atoms with Crippen LogP contribution in [0.4, 0.5) is 0 Å². The van der Waals surface area contributed by atoms with Gasteiger partial charge < -0.3 is 9.30 Å². The van der Waals surface area contributed by atoms with E-state index in [0.29, 0.717) is 6.04 Å². The number of hydrogen-bond donors (Lipinski definition) is 0. The minimum Gasteiger partial charge on any atom is -0.324 e. The molecule has 0 aromatic carbocycles. The molecule has 0 aliphatic heterocycles. The Morgan fingerprint density at radius 1 is 1.28 bits per heavy atom. The first-order valence-electron chi connectivity index (χ1n) is 7.02. The fraction of sp³-hybridized carbons (Fsp3) is 0.500. The number of fused-ring (bicyclic) bond motifs is 1. The van der Waals surface area contributed by atoms with Crippen molar-refractivity contribution in [1.29, 1.82) is 0 Å². The SMILES string of the molecule is CC(Cc1ccn2ccccc12)N(C)C1CCC1. The molecule has 3 rings (SSSR count). The fourth-order valence-corrected chi connectivity index (χ4v) is 2.90. The lowest BCUT2D eigenvalue weighted by Crippen LogP contribution is -2.43. The number of likely N-dealkylation sites (N-methyl/N-ethyl adjacent to an activating group) is 1. The van der Waals surface area contributed by atoms with Gasteiger partial charge in [0, 0.05) is 30.0 Å². The normalized spacial score (nSPS) is 18.2. The molecule has 0 radical (unpaired) electrons. The number of nitrogens with zero attached hydrogens (tertiary/aromatic N) is 2. The second-order valence-corrected chi connectivity index (χ2v) is 5.64. The highest BCUT2D eigenvalue weighted by atomic mass is 15.2. The maximum absolute atomic E-state index is 2.57. The van der Waals surface area contributed by atoms with Crippen molar-refractivity contribution in [2.45, 2.75) is 44.7 Å². The molecule has 2 heteroatoms. The van der Waals surface area contributed by atoms with Crippen molar-refractivity contribution >= 4 is 5.52 Å². The summed E-state index contributed by atoms with van der Waals surface area (Å²) in [7, 11) is 2.28. The zero-order valence-corrected chi connectivity index (χ0v) is 11.3. The first-order valence-corrected chi connectivity index (χ1v) is 7.02. The van der Waals surface area contributed by atoms with Gasteiger partial charge in [0.1, 0.15) is 0 Å². The molecule has 0 amide bonds. The molecule has 1 aliphatic carbocycles. The zero-order chi connectivity index (χ0) is 12.5. The highest BCUT2D eigenvalue weighted by molar-refractivity contribution is 5.55. The first kappa shape index (κ1) is 11.8. The Kier molecular flexibility index (Phi) is 3.13. The minimum absolute atomic E-state index is 0.627. The maximum atomic E-state index is 2.57. The zero-order valence-electron chi connectivity index (χ0n) is 11.3. The van der Waals surface area contributed by atoms with E-state index in [2.05, 4.69) is 59.9 Å². The average Bonchev–Trinajstić information content (AvgIpc) is 2.70. The molecule has 1 aliphatic rings. The Labute approximate surface area is 109 Å². The van der Waals surface area contributed by atoms with E-state index >= 15 is 0 Å². The Morgan fingerprint density at radius 3 is 2.83 bits per heavy atom. The summed E-state index contributed by atoms with van der Waals surface area (Å²) in [5.74, 6) is 0. The summed E-state index contributed by atoms with van der Waals surface area (Å²) in [5.41, 5.74) is 2.82. The van der Waals surface area contributed by atoms with Crippen molar-refractivity contribution in [3.05, 3.63) is 42.2 Å². The molecule has 1 fully saturated rings. The lowest BCUT2D eigenvalue weighted by molar-refractivity contribution is 0.118. The number of hydrogen-bond acceptors (Lipinski definition) is 1. The summed E-state index contributed by atoms with van der Waals surface area (Å²) in [6.07, 6.45) is 9.62. The summed E-state index contributed by atoms with van der Waals surface area (Å²) in [6.45, 7) is 2.35. The predicted molar refractivity (Wildman–Crippen MR) is 76.0 cm³/mol. The van der Waals surface area contributed by atoms with Crippen LogP contribution in [0.1, 0.15) is 31.7 Å². The van der Waals surface area contributed by atoms with Crippen LogP contribution >= 0.6 is 0 Å². The molecule has 0 N–H and O–H groups in total. The van der Waals surface area contributed by atoms with Crippen LogP contribution in [-0.4, -0.2) is 28.4 Å². The molecular formula is C16H22N2. The van der Waals surface area contributed by atoms with Crippen molar-refractivity contribution in [3.63, 3.8) is 0 Å². The minimum atomic E-state index is 0.627. The quantitative estimate of drug-likeness (QED) is 0.798. The Bertz CT molecular complexity index is 525.